The molecule has 1 aliphatic carbocycles. The van der Waals surface area contributed by atoms with E-state index in [2.05, 4.69) is 10.6 Å². The average Bonchev–Trinajstić information content (AvgIpc) is 3.08. The largest absolute Gasteiger partial charge is 0.354 e. The molecule has 26 heavy (non-hydrogen) atoms. The summed E-state index contributed by atoms with van der Waals surface area (Å²) in [5, 5.41) is 5.75. The van der Waals surface area contributed by atoms with Crippen molar-refractivity contribution in [2.45, 2.75) is 38.5 Å². The number of benzene rings is 1. The molecule has 2 fully saturated rings. The minimum absolute atomic E-state index is 0.0260. The predicted molar refractivity (Wildman–Crippen MR) is 99.5 cm³/mol. The SMILES string of the molecule is O=C(NCCNC(=O)C1CC(=O)N(c2ccccc2)C1)C1CCCCC1. The molecule has 0 bridgehead atoms. The molecule has 0 spiro atoms. The first-order valence-electron chi connectivity index (χ1n) is 9.56. The van der Waals surface area contributed by atoms with Gasteiger partial charge in [-0.1, -0.05) is 37.5 Å². The number of carbonyl (C=O) groups excluding carboxylic acids is 3. The number of amides is 3. The zero-order valence-corrected chi connectivity index (χ0v) is 15.1. The number of nitrogens with one attached hydrogen (secondary N) is 2. The first-order valence-corrected chi connectivity index (χ1v) is 9.56. The minimum atomic E-state index is -0.336. The monoisotopic (exact) mass is 357 g/mol. The fraction of sp³-hybridized carbons (Fsp3) is 0.550. The van der Waals surface area contributed by atoms with Gasteiger partial charge in [-0.25, -0.2) is 0 Å². The van der Waals surface area contributed by atoms with Crippen LogP contribution in [0.5, 0.6) is 0 Å². The third kappa shape index (κ3) is 4.62. The summed E-state index contributed by atoms with van der Waals surface area (Å²) in [5.41, 5.74) is 0.826. The van der Waals surface area contributed by atoms with Gasteiger partial charge in [-0.3, -0.25) is 14.4 Å². The molecule has 1 aliphatic heterocycles. The zero-order valence-electron chi connectivity index (χ0n) is 15.1. The van der Waals surface area contributed by atoms with E-state index in [9.17, 15) is 14.4 Å². The molecular formula is C20H27N3O3. The highest BCUT2D eigenvalue weighted by atomic mass is 16.2. The highest BCUT2D eigenvalue weighted by Gasteiger charge is 2.34. The highest BCUT2D eigenvalue weighted by Crippen LogP contribution is 2.25. The van der Waals surface area contributed by atoms with Crippen molar-refractivity contribution >= 4 is 23.4 Å². The van der Waals surface area contributed by atoms with Crippen molar-refractivity contribution in [2.24, 2.45) is 11.8 Å². The van der Waals surface area contributed by atoms with Gasteiger partial charge in [-0.2, -0.15) is 0 Å². The summed E-state index contributed by atoms with van der Waals surface area (Å²) in [4.78, 5) is 38.2. The predicted octanol–water partition coefficient (Wildman–Crippen LogP) is 1.85. The van der Waals surface area contributed by atoms with Crippen molar-refractivity contribution in [1.82, 2.24) is 10.6 Å². The lowest BCUT2D eigenvalue weighted by Crippen LogP contribution is -2.40. The summed E-state index contributed by atoms with van der Waals surface area (Å²) in [6.07, 6.45) is 5.65. The van der Waals surface area contributed by atoms with Gasteiger partial charge in [0.1, 0.15) is 0 Å². The van der Waals surface area contributed by atoms with Crippen LogP contribution in [-0.2, 0) is 14.4 Å². The van der Waals surface area contributed by atoms with Gasteiger partial charge < -0.3 is 15.5 Å². The van der Waals surface area contributed by atoms with E-state index in [4.69, 9.17) is 0 Å². The van der Waals surface area contributed by atoms with Crippen molar-refractivity contribution in [3.8, 4) is 0 Å². The minimum Gasteiger partial charge on any atom is -0.354 e. The second-order valence-electron chi connectivity index (χ2n) is 7.16. The Balaban J connectivity index is 1.39. The fourth-order valence-corrected chi connectivity index (χ4v) is 3.77. The molecule has 0 radical (unpaired) electrons. The van der Waals surface area contributed by atoms with Crippen LogP contribution in [0.15, 0.2) is 30.3 Å². The number of carbonyl (C=O) groups is 3. The maximum atomic E-state index is 12.3. The van der Waals surface area contributed by atoms with Crippen molar-refractivity contribution < 1.29 is 14.4 Å². The lowest BCUT2D eigenvalue weighted by Gasteiger charge is -2.20. The van der Waals surface area contributed by atoms with Crippen LogP contribution in [0.25, 0.3) is 0 Å². The molecule has 3 amide bonds. The van der Waals surface area contributed by atoms with E-state index < -0.39 is 0 Å². The molecule has 1 aromatic rings. The Kier molecular flexibility index (Phi) is 6.26. The number of hydrogen-bond donors (Lipinski definition) is 2. The molecule has 1 heterocycles. The Morgan fingerprint density at radius 1 is 0.923 bits per heavy atom. The summed E-state index contributed by atoms with van der Waals surface area (Å²) in [7, 11) is 0. The van der Waals surface area contributed by atoms with Gasteiger partial charge >= 0.3 is 0 Å². The van der Waals surface area contributed by atoms with Gasteiger partial charge in [-0.15, -0.1) is 0 Å². The zero-order chi connectivity index (χ0) is 18.4. The average molecular weight is 357 g/mol. The first-order chi connectivity index (χ1) is 12.6. The van der Waals surface area contributed by atoms with E-state index in [1.807, 2.05) is 30.3 Å². The molecule has 3 rings (SSSR count). The summed E-state index contributed by atoms with van der Waals surface area (Å²) in [6, 6.07) is 9.41. The van der Waals surface area contributed by atoms with E-state index in [0.29, 0.717) is 19.6 Å². The Hall–Kier alpha value is -2.37. The van der Waals surface area contributed by atoms with Crippen LogP contribution in [0.3, 0.4) is 0 Å². The van der Waals surface area contributed by atoms with Gasteiger partial charge in [-0.05, 0) is 25.0 Å². The van der Waals surface area contributed by atoms with Crippen molar-refractivity contribution in [3.05, 3.63) is 30.3 Å². The van der Waals surface area contributed by atoms with Gasteiger partial charge in [0.15, 0.2) is 0 Å². The number of hydrogen-bond acceptors (Lipinski definition) is 3. The van der Waals surface area contributed by atoms with Gasteiger partial charge in [0.05, 0.1) is 5.92 Å². The molecule has 2 N–H and O–H groups in total. The summed E-state index contributed by atoms with van der Waals surface area (Å²) in [6.45, 7) is 1.24. The van der Waals surface area contributed by atoms with E-state index in [-0.39, 0.29) is 36.0 Å². The van der Waals surface area contributed by atoms with Gasteiger partial charge in [0.2, 0.25) is 17.7 Å². The molecule has 2 aliphatic rings. The van der Waals surface area contributed by atoms with Crippen molar-refractivity contribution in [1.29, 1.82) is 0 Å². The Labute approximate surface area is 154 Å². The molecule has 1 saturated heterocycles. The summed E-state index contributed by atoms with van der Waals surface area (Å²) >= 11 is 0. The molecule has 1 unspecified atom stereocenters. The van der Waals surface area contributed by atoms with Crippen LogP contribution >= 0.6 is 0 Å². The van der Waals surface area contributed by atoms with Gasteiger partial charge in [0, 0.05) is 37.7 Å². The van der Waals surface area contributed by atoms with Crippen molar-refractivity contribution in [3.63, 3.8) is 0 Å². The number of nitrogens with zero attached hydrogens (tertiary/aromatic N) is 1. The van der Waals surface area contributed by atoms with E-state index in [1.165, 1.54) is 6.42 Å². The molecular weight excluding hydrogens is 330 g/mol. The molecule has 6 nitrogen and oxygen atoms in total. The second kappa shape index (κ2) is 8.83. The second-order valence-corrected chi connectivity index (χ2v) is 7.16. The molecule has 0 aromatic heterocycles. The number of anilines is 1. The Morgan fingerprint density at radius 3 is 2.19 bits per heavy atom. The summed E-state index contributed by atoms with van der Waals surface area (Å²) in [5.74, 6) is -0.251. The Morgan fingerprint density at radius 2 is 1.54 bits per heavy atom. The van der Waals surface area contributed by atoms with Gasteiger partial charge in [0.25, 0.3) is 0 Å². The molecule has 140 valence electrons. The maximum absolute atomic E-state index is 12.3. The van der Waals surface area contributed by atoms with Crippen LogP contribution < -0.4 is 15.5 Å². The lowest BCUT2D eigenvalue weighted by molar-refractivity contribution is -0.127. The van der Waals surface area contributed by atoms with E-state index in [1.54, 1.807) is 4.90 Å². The quantitative estimate of drug-likeness (QED) is 0.763. The molecule has 6 heteroatoms. The van der Waals surface area contributed by atoms with Crippen LogP contribution in [0.4, 0.5) is 5.69 Å². The smallest absolute Gasteiger partial charge is 0.227 e. The highest BCUT2D eigenvalue weighted by molar-refractivity contribution is 6.00. The van der Waals surface area contributed by atoms with Crippen LogP contribution in [0.1, 0.15) is 38.5 Å². The van der Waals surface area contributed by atoms with Crippen LogP contribution in [-0.4, -0.2) is 37.4 Å². The molecule has 1 saturated carbocycles. The normalized spacial score (nSPS) is 20.8. The third-order valence-electron chi connectivity index (χ3n) is 5.26. The standard InChI is InChI=1S/C20H27N3O3/c24-18-13-16(14-23(18)17-9-5-2-6-10-17)20(26)22-12-11-21-19(25)15-7-3-1-4-8-15/h2,5-6,9-10,15-16H,1,3-4,7-8,11-14H2,(H,21,25)(H,22,26). The maximum Gasteiger partial charge on any atom is 0.227 e. The number of rotatable bonds is 6. The first kappa shape index (κ1) is 18.4. The number of para-hydroxylation sites is 1. The summed E-state index contributed by atoms with van der Waals surface area (Å²) < 4.78 is 0. The Bertz CT molecular complexity index is 641. The topological polar surface area (TPSA) is 78.5 Å². The third-order valence-corrected chi connectivity index (χ3v) is 5.26. The molecule has 1 atom stereocenters. The van der Waals surface area contributed by atoms with E-state index >= 15 is 0 Å². The van der Waals surface area contributed by atoms with E-state index in [0.717, 1.165) is 31.4 Å². The lowest BCUT2D eigenvalue weighted by atomic mass is 9.89. The fourth-order valence-electron chi connectivity index (χ4n) is 3.77. The van der Waals surface area contributed by atoms with Crippen LogP contribution in [0, 0.1) is 11.8 Å². The molecule has 1 aromatic carbocycles. The van der Waals surface area contributed by atoms with Crippen LogP contribution in [0.2, 0.25) is 0 Å². The van der Waals surface area contributed by atoms with Crippen molar-refractivity contribution in [2.75, 3.05) is 24.5 Å².